The summed E-state index contributed by atoms with van der Waals surface area (Å²) in [6.45, 7) is 1.63. The number of halogens is 1. The van der Waals surface area contributed by atoms with Crippen LogP contribution in [-0.2, 0) is 0 Å². The molecule has 0 saturated carbocycles. The van der Waals surface area contributed by atoms with E-state index in [9.17, 15) is 14.0 Å². The number of fused-ring (bicyclic) bond motifs is 1. The topological polar surface area (TPSA) is 87.1 Å². The molecular weight excluding hydrogens is 435 g/mol. The van der Waals surface area contributed by atoms with Crippen LogP contribution in [-0.4, -0.2) is 68.9 Å². The Kier molecular flexibility index (Phi) is 5.70. The van der Waals surface area contributed by atoms with E-state index in [-0.39, 0.29) is 23.3 Å². The van der Waals surface area contributed by atoms with Crippen molar-refractivity contribution in [1.29, 1.82) is 0 Å². The lowest BCUT2D eigenvalue weighted by Crippen LogP contribution is -2.41. The molecule has 1 unspecified atom stereocenters. The van der Waals surface area contributed by atoms with Gasteiger partial charge in [-0.1, -0.05) is 5.21 Å². The van der Waals surface area contributed by atoms with Gasteiger partial charge in [0.2, 0.25) is 0 Å². The van der Waals surface area contributed by atoms with E-state index in [4.69, 9.17) is 0 Å². The number of likely N-dealkylation sites (tertiary alicyclic amines) is 1. The number of aromatic amines is 1. The molecule has 2 aromatic carbocycles. The zero-order chi connectivity index (χ0) is 23.8. The third-order valence-corrected chi connectivity index (χ3v) is 6.17. The van der Waals surface area contributed by atoms with Gasteiger partial charge in [-0.05, 0) is 75.5 Å². The first-order chi connectivity index (χ1) is 16.4. The molecule has 1 aliphatic heterocycles. The van der Waals surface area contributed by atoms with Gasteiger partial charge in [-0.15, -0.1) is 5.10 Å². The Balaban J connectivity index is 1.38. The molecule has 1 saturated heterocycles. The summed E-state index contributed by atoms with van der Waals surface area (Å²) >= 11 is 0. The molecule has 0 bridgehead atoms. The molecule has 1 fully saturated rings. The fourth-order valence-electron chi connectivity index (χ4n) is 4.52. The van der Waals surface area contributed by atoms with E-state index in [2.05, 4.69) is 20.2 Å². The number of carbonyl (C=O) groups excluding carboxylic acids is 1. The number of carbonyl (C=O) groups is 1. The van der Waals surface area contributed by atoms with E-state index >= 15 is 0 Å². The molecule has 0 spiro atoms. The number of rotatable bonds is 5. The summed E-state index contributed by atoms with van der Waals surface area (Å²) in [4.78, 5) is 32.4. The first-order valence-corrected chi connectivity index (χ1v) is 11.2. The number of H-pyrrole nitrogens is 1. The summed E-state index contributed by atoms with van der Waals surface area (Å²) in [5, 5.41) is 8.84. The maximum absolute atomic E-state index is 13.6. The van der Waals surface area contributed by atoms with E-state index < -0.39 is 0 Å². The van der Waals surface area contributed by atoms with Crippen molar-refractivity contribution in [1.82, 2.24) is 29.8 Å². The molecule has 2 aromatic heterocycles. The monoisotopic (exact) mass is 460 g/mol. The highest BCUT2D eigenvalue weighted by Crippen LogP contribution is 2.22. The summed E-state index contributed by atoms with van der Waals surface area (Å²) in [5.74, 6) is -0.351. The molecule has 3 heterocycles. The van der Waals surface area contributed by atoms with Crippen molar-refractivity contribution in [3.05, 3.63) is 76.5 Å². The second-order valence-corrected chi connectivity index (χ2v) is 8.90. The summed E-state index contributed by atoms with van der Waals surface area (Å²) in [7, 11) is 4.04. The van der Waals surface area contributed by atoms with Gasteiger partial charge in [0.25, 0.3) is 11.5 Å². The number of aromatic nitrogens is 4. The first-order valence-electron chi connectivity index (χ1n) is 11.2. The highest BCUT2D eigenvalue weighted by molar-refractivity contribution is 5.94. The zero-order valence-corrected chi connectivity index (χ0v) is 19.0. The van der Waals surface area contributed by atoms with Crippen LogP contribution in [0.5, 0.6) is 0 Å². The van der Waals surface area contributed by atoms with Crippen LogP contribution in [0.2, 0.25) is 0 Å². The molecule has 5 rings (SSSR count). The largest absolute Gasteiger partial charge is 0.334 e. The number of pyridine rings is 1. The van der Waals surface area contributed by atoms with Gasteiger partial charge in [0.15, 0.2) is 0 Å². The number of hydrogen-bond acceptors (Lipinski definition) is 5. The molecule has 1 amide bonds. The SMILES string of the molecule is CN(C)CC1CCCN1C(=O)c1ccc(-n2cc(-c3cc4cc(F)ccc4[nH]c3=O)nn2)cc1. The Hall–Kier alpha value is -3.85. The predicted molar refractivity (Wildman–Crippen MR) is 127 cm³/mol. The minimum absolute atomic E-state index is 0.0325. The van der Waals surface area contributed by atoms with Crippen LogP contribution in [0.15, 0.2) is 59.5 Å². The van der Waals surface area contributed by atoms with Crippen LogP contribution >= 0.6 is 0 Å². The lowest BCUT2D eigenvalue weighted by atomic mass is 10.1. The van der Waals surface area contributed by atoms with Gasteiger partial charge in [-0.3, -0.25) is 9.59 Å². The summed E-state index contributed by atoms with van der Waals surface area (Å²) in [6.07, 6.45) is 3.68. The van der Waals surface area contributed by atoms with Crippen LogP contribution < -0.4 is 5.56 Å². The van der Waals surface area contributed by atoms with Crippen molar-refractivity contribution in [2.24, 2.45) is 0 Å². The number of amides is 1. The molecule has 174 valence electrons. The van der Waals surface area contributed by atoms with Gasteiger partial charge in [-0.25, -0.2) is 9.07 Å². The maximum Gasteiger partial charge on any atom is 0.258 e. The number of benzene rings is 2. The highest BCUT2D eigenvalue weighted by Gasteiger charge is 2.29. The van der Waals surface area contributed by atoms with E-state index in [1.807, 2.05) is 31.1 Å². The molecule has 1 N–H and O–H groups in total. The van der Waals surface area contributed by atoms with Gasteiger partial charge < -0.3 is 14.8 Å². The molecule has 1 atom stereocenters. The second kappa shape index (κ2) is 8.83. The molecule has 0 aliphatic carbocycles. The molecule has 1 aliphatic rings. The lowest BCUT2D eigenvalue weighted by Gasteiger charge is -2.27. The molecule has 9 heteroatoms. The third-order valence-electron chi connectivity index (χ3n) is 6.17. The van der Waals surface area contributed by atoms with Crippen molar-refractivity contribution in [2.45, 2.75) is 18.9 Å². The molecule has 34 heavy (non-hydrogen) atoms. The van der Waals surface area contributed by atoms with Gasteiger partial charge in [0.1, 0.15) is 11.5 Å². The quantitative estimate of drug-likeness (QED) is 0.495. The van der Waals surface area contributed by atoms with Crippen LogP contribution in [0.1, 0.15) is 23.2 Å². The summed E-state index contributed by atoms with van der Waals surface area (Å²) in [5.41, 5.74) is 2.24. The van der Waals surface area contributed by atoms with Crippen molar-refractivity contribution in [3.8, 4) is 16.9 Å². The predicted octanol–water partition coefficient (Wildman–Crippen LogP) is 3.08. The smallest absolute Gasteiger partial charge is 0.258 e. The average Bonchev–Trinajstić information content (AvgIpc) is 3.48. The van der Waals surface area contributed by atoms with Gasteiger partial charge in [0, 0.05) is 35.6 Å². The maximum atomic E-state index is 13.6. The summed E-state index contributed by atoms with van der Waals surface area (Å²) in [6, 6.07) is 13.2. The van der Waals surface area contributed by atoms with E-state index in [1.54, 1.807) is 29.1 Å². The standard InChI is InChI=1S/C25H25FN6O2/c1-30(2)14-20-4-3-11-31(20)25(34)16-5-8-19(9-6-16)32-15-23(28-29-32)21-13-17-12-18(26)7-10-22(17)27-24(21)33/h5-10,12-13,15,20H,3-4,11,14H2,1-2H3,(H,27,33). The normalized spacial score (nSPS) is 16.0. The summed E-state index contributed by atoms with van der Waals surface area (Å²) < 4.78 is 15.2. The van der Waals surface area contributed by atoms with Crippen molar-refractivity contribution in [3.63, 3.8) is 0 Å². The zero-order valence-electron chi connectivity index (χ0n) is 19.0. The Morgan fingerprint density at radius 2 is 1.97 bits per heavy atom. The third kappa shape index (κ3) is 4.22. The van der Waals surface area contributed by atoms with Crippen molar-refractivity contribution >= 4 is 16.8 Å². The minimum Gasteiger partial charge on any atom is -0.334 e. The number of likely N-dealkylation sites (N-methyl/N-ethyl adjacent to an activating group) is 1. The van der Waals surface area contributed by atoms with E-state index in [0.717, 1.165) is 25.9 Å². The second-order valence-electron chi connectivity index (χ2n) is 8.90. The Bertz CT molecular complexity index is 1410. The Labute approximate surface area is 195 Å². The molecule has 4 aromatic rings. The average molecular weight is 461 g/mol. The first kappa shape index (κ1) is 22.0. The van der Waals surface area contributed by atoms with Crippen molar-refractivity contribution in [2.75, 3.05) is 27.2 Å². The molecular formula is C25H25FN6O2. The van der Waals surface area contributed by atoms with Gasteiger partial charge in [-0.2, -0.15) is 0 Å². The van der Waals surface area contributed by atoms with E-state index in [1.165, 1.54) is 18.2 Å². The van der Waals surface area contributed by atoms with Crippen LogP contribution in [0, 0.1) is 5.82 Å². The van der Waals surface area contributed by atoms with Crippen LogP contribution in [0.3, 0.4) is 0 Å². The fourth-order valence-corrected chi connectivity index (χ4v) is 4.52. The number of nitrogens with zero attached hydrogens (tertiary/aromatic N) is 5. The minimum atomic E-state index is -0.384. The van der Waals surface area contributed by atoms with Crippen LogP contribution in [0.25, 0.3) is 27.8 Å². The van der Waals surface area contributed by atoms with Gasteiger partial charge in [0.05, 0.1) is 17.4 Å². The van der Waals surface area contributed by atoms with Crippen LogP contribution in [0.4, 0.5) is 4.39 Å². The van der Waals surface area contributed by atoms with Gasteiger partial charge >= 0.3 is 0 Å². The lowest BCUT2D eigenvalue weighted by molar-refractivity contribution is 0.0716. The Morgan fingerprint density at radius 1 is 1.18 bits per heavy atom. The van der Waals surface area contributed by atoms with E-state index in [0.29, 0.717) is 33.4 Å². The highest BCUT2D eigenvalue weighted by atomic mass is 19.1. The van der Waals surface area contributed by atoms with Crippen molar-refractivity contribution < 1.29 is 9.18 Å². The molecule has 0 radical (unpaired) electrons. The number of nitrogens with one attached hydrogen (secondary N) is 1. The Morgan fingerprint density at radius 3 is 2.74 bits per heavy atom. The fraction of sp³-hybridized carbons (Fsp3) is 0.280. The molecule has 8 nitrogen and oxygen atoms in total. The number of hydrogen-bond donors (Lipinski definition) is 1.